The Balaban J connectivity index is 1.89. The first-order valence-electron chi connectivity index (χ1n) is 8.35. The Labute approximate surface area is 140 Å². The Morgan fingerprint density at radius 2 is 1.79 bits per heavy atom. The average molecular weight is 328 g/mol. The number of rotatable bonds is 2. The van der Waals surface area contributed by atoms with Gasteiger partial charge in [-0.3, -0.25) is 0 Å². The van der Waals surface area contributed by atoms with Crippen LogP contribution in [0.3, 0.4) is 0 Å². The fourth-order valence-corrected chi connectivity index (χ4v) is 3.34. The minimum Gasteiger partial charge on any atom is -0.206 e. The molecule has 124 valence electrons. The molecular formula is C21H19F3. The van der Waals surface area contributed by atoms with Gasteiger partial charge in [0, 0.05) is 0 Å². The SMILES string of the molecule is CCCC1CCc2cc(C#Cc3cccc(F)c3F)c(F)cc2C1. The van der Waals surface area contributed by atoms with Crippen LogP contribution in [0, 0.1) is 35.2 Å². The van der Waals surface area contributed by atoms with Crippen molar-refractivity contribution in [3.05, 3.63) is 70.0 Å². The highest BCUT2D eigenvalue weighted by atomic mass is 19.2. The Bertz CT molecular complexity index is 812. The number of benzene rings is 2. The van der Waals surface area contributed by atoms with Crippen molar-refractivity contribution in [2.45, 2.75) is 39.0 Å². The van der Waals surface area contributed by atoms with Crippen molar-refractivity contribution in [2.75, 3.05) is 0 Å². The smallest absolute Gasteiger partial charge is 0.174 e. The Hall–Kier alpha value is -2.21. The highest BCUT2D eigenvalue weighted by Crippen LogP contribution is 2.30. The Kier molecular flexibility index (Phi) is 4.94. The lowest BCUT2D eigenvalue weighted by Crippen LogP contribution is -2.14. The van der Waals surface area contributed by atoms with E-state index < -0.39 is 17.5 Å². The molecule has 2 aromatic rings. The lowest BCUT2D eigenvalue weighted by molar-refractivity contribution is 0.421. The third-order valence-corrected chi connectivity index (χ3v) is 4.60. The molecule has 0 saturated heterocycles. The molecule has 1 aliphatic carbocycles. The third-order valence-electron chi connectivity index (χ3n) is 4.60. The molecule has 0 bridgehead atoms. The average Bonchev–Trinajstić information content (AvgIpc) is 2.56. The van der Waals surface area contributed by atoms with Crippen molar-refractivity contribution in [3.8, 4) is 11.8 Å². The first-order valence-corrected chi connectivity index (χ1v) is 8.35. The van der Waals surface area contributed by atoms with Gasteiger partial charge in [0.1, 0.15) is 5.82 Å². The molecule has 3 heteroatoms. The van der Waals surface area contributed by atoms with Gasteiger partial charge in [0.15, 0.2) is 11.6 Å². The zero-order valence-electron chi connectivity index (χ0n) is 13.6. The van der Waals surface area contributed by atoms with E-state index in [1.807, 2.05) is 0 Å². The van der Waals surface area contributed by atoms with Crippen LogP contribution in [0.2, 0.25) is 0 Å². The highest BCUT2D eigenvalue weighted by Gasteiger charge is 2.19. The van der Waals surface area contributed by atoms with E-state index in [4.69, 9.17) is 0 Å². The monoisotopic (exact) mass is 328 g/mol. The van der Waals surface area contributed by atoms with Gasteiger partial charge in [-0.15, -0.1) is 0 Å². The highest BCUT2D eigenvalue weighted by molar-refractivity contribution is 5.47. The summed E-state index contributed by atoms with van der Waals surface area (Å²) in [4.78, 5) is 0. The summed E-state index contributed by atoms with van der Waals surface area (Å²) in [6, 6.07) is 7.13. The second kappa shape index (κ2) is 7.13. The molecule has 1 aliphatic rings. The lowest BCUT2D eigenvalue weighted by atomic mass is 9.81. The van der Waals surface area contributed by atoms with Crippen LogP contribution in [0.5, 0.6) is 0 Å². The van der Waals surface area contributed by atoms with Crippen molar-refractivity contribution in [2.24, 2.45) is 5.92 Å². The largest absolute Gasteiger partial charge is 0.206 e. The van der Waals surface area contributed by atoms with Crippen LogP contribution in [-0.4, -0.2) is 0 Å². The van der Waals surface area contributed by atoms with E-state index in [2.05, 4.69) is 18.8 Å². The van der Waals surface area contributed by atoms with Crippen LogP contribution in [0.1, 0.15) is 48.4 Å². The fraction of sp³-hybridized carbons (Fsp3) is 0.333. The fourth-order valence-electron chi connectivity index (χ4n) is 3.34. The second-order valence-corrected chi connectivity index (χ2v) is 6.35. The summed E-state index contributed by atoms with van der Waals surface area (Å²) in [5, 5.41) is 0. The molecule has 0 heterocycles. The summed E-state index contributed by atoms with van der Waals surface area (Å²) in [6.07, 6.45) is 5.25. The predicted molar refractivity (Wildman–Crippen MR) is 89.2 cm³/mol. The second-order valence-electron chi connectivity index (χ2n) is 6.35. The van der Waals surface area contributed by atoms with Gasteiger partial charge in [0.25, 0.3) is 0 Å². The molecule has 2 aromatic carbocycles. The van der Waals surface area contributed by atoms with Gasteiger partial charge in [0.2, 0.25) is 0 Å². The Morgan fingerprint density at radius 3 is 2.58 bits per heavy atom. The summed E-state index contributed by atoms with van der Waals surface area (Å²) < 4.78 is 41.1. The number of fused-ring (bicyclic) bond motifs is 1. The molecule has 3 rings (SSSR count). The van der Waals surface area contributed by atoms with E-state index in [1.54, 1.807) is 12.1 Å². The van der Waals surface area contributed by atoms with Gasteiger partial charge in [-0.2, -0.15) is 0 Å². The zero-order chi connectivity index (χ0) is 17.1. The zero-order valence-corrected chi connectivity index (χ0v) is 13.6. The maximum Gasteiger partial charge on any atom is 0.174 e. The summed E-state index contributed by atoms with van der Waals surface area (Å²) in [5.41, 5.74) is 2.36. The van der Waals surface area contributed by atoms with E-state index in [0.29, 0.717) is 5.92 Å². The maximum atomic E-state index is 14.3. The third kappa shape index (κ3) is 3.48. The topological polar surface area (TPSA) is 0 Å². The molecule has 0 amide bonds. The molecular weight excluding hydrogens is 309 g/mol. The first kappa shape index (κ1) is 16.6. The van der Waals surface area contributed by atoms with Gasteiger partial charge < -0.3 is 0 Å². The minimum absolute atomic E-state index is 0.0601. The minimum atomic E-state index is -0.995. The van der Waals surface area contributed by atoms with Crippen molar-refractivity contribution in [1.29, 1.82) is 0 Å². The Morgan fingerprint density at radius 1 is 1.00 bits per heavy atom. The van der Waals surface area contributed by atoms with Crippen molar-refractivity contribution in [1.82, 2.24) is 0 Å². The molecule has 0 fully saturated rings. The molecule has 1 atom stereocenters. The standard InChI is InChI=1S/C21H19F3/c1-2-4-14-7-8-16-12-17(20(23)13-18(16)11-14)10-9-15-5-3-6-19(22)21(15)24/h3,5-6,12-14H,2,4,7-8,11H2,1H3. The van der Waals surface area contributed by atoms with E-state index in [9.17, 15) is 13.2 Å². The van der Waals surface area contributed by atoms with Gasteiger partial charge in [-0.1, -0.05) is 37.7 Å². The van der Waals surface area contributed by atoms with Crippen LogP contribution >= 0.6 is 0 Å². The van der Waals surface area contributed by atoms with E-state index in [-0.39, 0.29) is 11.1 Å². The van der Waals surface area contributed by atoms with E-state index in [1.165, 1.54) is 18.6 Å². The quantitative estimate of drug-likeness (QED) is 0.647. The molecule has 0 nitrogen and oxygen atoms in total. The van der Waals surface area contributed by atoms with Gasteiger partial charge >= 0.3 is 0 Å². The van der Waals surface area contributed by atoms with E-state index >= 15 is 0 Å². The normalized spacial score (nSPS) is 16.2. The van der Waals surface area contributed by atoms with Crippen molar-refractivity contribution < 1.29 is 13.2 Å². The van der Waals surface area contributed by atoms with Crippen LogP contribution < -0.4 is 0 Å². The molecule has 0 aromatic heterocycles. The number of hydrogen-bond acceptors (Lipinski definition) is 0. The molecule has 0 spiro atoms. The van der Waals surface area contributed by atoms with Gasteiger partial charge in [-0.25, -0.2) is 13.2 Å². The molecule has 24 heavy (non-hydrogen) atoms. The molecule has 0 aliphatic heterocycles. The van der Waals surface area contributed by atoms with E-state index in [0.717, 1.165) is 42.9 Å². The van der Waals surface area contributed by atoms with Gasteiger partial charge in [-0.05, 0) is 60.6 Å². The summed E-state index contributed by atoms with van der Waals surface area (Å²) in [6.45, 7) is 2.17. The van der Waals surface area contributed by atoms with Crippen LogP contribution in [0.4, 0.5) is 13.2 Å². The summed E-state index contributed by atoms with van der Waals surface area (Å²) in [7, 11) is 0. The van der Waals surface area contributed by atoms with Crippen LogP contribution in [-0.2, 0) is 12.8 Å². The molecule has 0 radical (unpaired) electrons. The maximum absolute atomic E-state index is 14.3. The van der Waals surface area contributed by atoms with Crippen molar-refractivity contribution >= 4 is 0 Å². The predicted octanol–water partition coefficient (Wildman–Crippen LogP) is 5.41. The first-order chi connectivity index (χ1) is 11.6. The van der Waals surface area contributed by atoms with Crippen molar-refractivity contribution in [3.63, 3.8) is 0 Å². The molecule has 0 saturated carbocycles. The molecule has 1 unspecified atom stereocenters. The van der Waals surface area contributed by atoms with Crippen LogP contribution in [0.15, 0.2) is 30.3 Å². The number of halogens is 3. The summed E-state index contributed by atoms with van der Waals surface area (Å²) in [5.74, 6) is 3.48. The number of hydrogen-bond donors (Lipinski definition) is 0. The number of aryl methyl sites for hydroxylation is 1. The van der Waals surface area contributed by atoms with Gasteiger partial charge in [0.05, 0.1) is 11.1 Å². The van der Waals surface area contributed by atoms with Crippen LogP contribution in [0.25, 0.3) is 0 Å². The lowest BCUT2D eigenvalue weighted by Gasteiger charge is -2.24. The summed E-state index contributed by atoms with van der Waals surface area (Å²) >= 11 is 0. The molecule has 0 N–H and O–H groups in total.